The van der Waals surface area contributed by atoms with Gasteiger partial charge in [0.15, 0.2) is 5.78 Å². The molecule has 15 heteroatoms. The summed E-state index contributed by atoms with van der Waals surface area (Å²) < 4.78 is 26.7. The molecule has 4 bridgehead atoms. The number of carbonyl (C=O) groups is 2. The highest BCUT2D eigenvalue weighted by molar-refractivity contribution is 6.11. The van der Waals surface area contributed by atoms with Crippen molar-refractivity contribution in [3.63, 3.8) is 0 Å². The second-order valence-electron chi connectivity index (χ2n) is 19.5. The van der Waals surface area contributed by atoms with Gasteiger partial charge in [-0.25, -0.2) is 4.79 Å². The number of carboxylic acid groups (broad SMARTS) is 1. The van der Waals surface area contributed by atoms with Gasteiger partial charge >= 0.3 is 5.97 Å². The van der Waals surface area contributed by atoms with Crippen molar-refractivity contribution in [3.8, 4) is 17.2 Å². The van der Waals surface area contributed by atoms with E-state index >= 15 is 0 Å². The topological polar surface area (TPSA) is 237 Å². The fourth-order valence-electron chi connectivity index (χ4n) is 14.8. The van der Waals surface area contributed by atoms with Crippen LogP contribution in [0.4, 0.5) is 0 Å². The molecular formula is C45H54N2O13. The summed E-state index contributed by atoms with van der Waals surface area (Å²) >= 11 is 0. The molecule has 3 saturated carbocycles. The number of carbonyl (C=O) groups excluding carboxylic acids is 1. The number of aromatic carboxylic acids is 1. The van der Waals surface area contributed by atoms with E-state index in [9.17, 15) is 45.3 Å². The van der Waals surface area contributed by atoms with Crippen LogP contribution in [0.25, 0.3) is 10.8 Å². The van der Waals surface area contributed by atoms with Crippen molar-refractivity contribution in [3.05, 3.63) is 51.6 Å². The lowest BCUT2D eigenvalue weighted by atomic mass is 9.39. The van der Waals surface area contributed by atoms with E-state index in [1.165, 1.54) is 25.0 Å². The molecule has 322 valence electrons. The monoisotopic (exact) mass is 830 g/mol. The Hall–Kier alpha value is -3.64. The highest BCUT2D eigenvalue weighted by Crippen LogP contribution is 2.73. The molecule has 0 amide bonds. The van der Waals surface area contributed by atoms with Crippen molar-refractivity contribution >= 4 is 22.5 Å². The quantitative estimate of drug-likeness (QED) is 0.150. The van der Waals surface area contributed by atoms with Crippen molar-refractivity contribution in [2.75, 3.05) is 19.8 Å². The van der Waals surface area contributed by atoms with Crippen molar-refractivity contribution in [2.45, 2.75) is 132 Å². The average molecular weight is 831 g/mol. The van der Waals surface area contributed by atoms with Gasteiger partial charge in [-0.05, 0) is 118 Å². The van der Waals surface area contributed by atoms with Crippen molar-refractivity contribution in [1.82, 2.24) is 10.9 Å². The molecule has 0 radical (unpaired) electrons. The Morgan fingerprint density at radius 1 is 1.07 bits per heavy atom. The van der Waals surface area contributed by atoms with Crippen molar-refractivity contribution in [1.29, 1.82) is 0 Å². The molecule has 5 heterocycles. The molecular weight excluding hydrogens is 776 g/mol. The Labute approximate surface area is 346 Å². The molecule has 14 atom stereocenters. The first-order valence-corrected chi connectivity index (χ1v) is 21.7. The minimum atomic E-state index is -1.81. The summed E-state index contributed by atoms with van der Waals surface area (Å²) in [5.74, 6) is -3.22. The van der Waals surface area contributed by atoms with Gasteiger partial charge in [0.25, 0.3) is 0 Å². The predicted molar refractivity (Wildman–Crippen MR) is 211 cm³/mol. The number of rotatable bonds is 6. The van der Waals surface area contributed by atoms with E-state index in [4.69, 9.17) is 18.9 Å². The number of ether oxygens (including phenoxy) is 4. The molecule has 11 rings (SSSR count). The molecule has 0 unspecified atom stereocenters. The van der Waals surface area contributed by atoms with E-state index < -0.39 is 76.6 Å². The number of nitrogens with one attached hydrogen (secondary N) is 2. The summed E-state index contributed by atoms with van der Waals surface area (Å²) in [6.45, 7) is 3.77. The van der Waals surface area contributed by atoms with Crippen LogP contribution < -0.4 is 15.6 Å². The third-order valence-electron chi connectivity index (χ3n) is 16.9. The molecule has 9 N–H and O–H groups in total. The normalized spacial score (nSPS) is 43.5. The molecule has 0 aromatic heterocycles. The zero-order valence-corrected chi connectivity index (χ0v) is 33.8. The number of aliphatic hydroxyl groups is 4. The number of fused-ring (bicyclic) bond motifs is 4. The molecule has 9 aliphatic rings. The molecule has 3 spiro atoms. The maximum Gasteiger partial charge on any atom is 0.335 e. The predicted octanol–water partition coefficient (Wildman–Crippen LogP) is 3.04. The van der Waals surface area contributed by atoms with Gasteiger partial charge in [-0.15, -0.1) is 0 Å². The summed E-state index contributed by atoms with van der Waals surface area (Å²) in [6, 6.07) is 2.54. The molecule has 60 heavy (non-hydrogen) atoms. The van der Waals surface area contributed by atoms with Crippen LogP contribution in [0, 0.1) is 35.5 Å². The second-order valence-corrected chi connectivity index (χ2v) is 19.5. The van der Waals surface area contributed by atoms with Crippen LogP contribution in [0.2, 0.25) is 0 Å². The number of Topliss-reactive ketones (excluding diaryl/α,β-unsaturated/α-hetero) is 1. The van der Waals surface area contributed by atoms with Crippen molar-refractivity contribution in [2.24, 2.45) is 28.6 Å². The number of aromatic hydroxyl groups is 2. The Morgan fingerprint density at radius 3 is 2.65 bits per heavy atom. The van der Waals surface area contributed by atoms with Gasteiger partial charge in [0.05, 0.1) is 35.3 Å². The number of carboxylic acids is 1. The van der Waals surface area contributed by atoms with Gasteiger partial charge in [-0.1, -0.05) is 12.5 Å². The van der Waals surface area contributed by atoms with Gasteiger partial charge in [0.1, 0.15) is 41.2 Å². The SMILES string of the molecule is CC(=O)c1c(C)c(O)c2cc(C(=O)O)cc(O[C@@H]3O[C@@H]4[C@@H](O)CC[C@H]5O[C@@]4(C[C@@H]4C6=C5CC=C6[C@]5(CCO)COC[C@@H]6C[C@@]78CCC[C@@H]7NN[C@]4(C8)[C@H]65)[C@H](O)[C@H]3O)c2c1O. The Morgan fingerprint density at radius 2 is 1.88 bits per heavy atom. The van der Waals surface area contributed by atoms with E-state index in [1.54, 1.807) is 0 Å². The molecule has 15 nitrogen and oxygen atoms in total. The third-order valence-corrected chi connectivity index (χ3v) is 16.9. The standard InChI is InChI=1S/C45H54N2O13/c1-19-31(20(2)49)35(52)33-24(34(19)51)12-21(40(55)56)13-29(33)58-41-36(53)38(54)45-15-26-32-23(28(60-45)8-7-27(50)39(45)59-41)5-6-25(32)43(10-11-48)18-57-16-22-14-42-9-3-4-30(42)46-47-44(26,17-42)37(22)43/h6,12-13,22,26-28,30,36-39,41,46-48,50-54H,3-5,7-11,14-18H2,1-2H3,(H,55,56)/t22-,26+,27-,28+,30-,36+,37+,38+,39+,41+,42+,43-,44-,45-/m0/s1. The maximum absolute atomic E-state index is 12.7. The number of phenolic OH excluding ortho intramolecular Hbond substituents is 2. The molecule has 4 saturated heterocycles. The summed E-state index contributed by atoms with van der Waals surface area (Å²) in [4.78, 5) is 25.0. The zero-order valence-electron chi connectivity index (χ0n) is 33.8. The van der Waals surface area contributed by atoms with Gasteiger partial charge < -0.3 is 54.7 Å². The number of allylic oxidation sites excluding steroid dienone is 1. The molecule has 2 aromatic carbocycles. The highest BCUT2D eigenvalue weighted by atomic mass is 16.7. The number of hydrogen-bond donors (Lipinski definition) is 9. The van der Waals surface area contributed by atoms with E-state index in [0.29, 0.717) is 38.5 Å². The zero-order chi connectivity index (χ0) is 41.8. The summed E-state index contributed by atoms with van der Waals surface area (Å²) in [7, 11) is 0. The third kappa shape index (κ3) is 4.92. The van der Waals surface area contributed by atoms with Gasteiger partial charge in [-0.3, -0.25) is 15.6 Å². The fraction of sp³-hybridized carbons (Fsp3) is 0.644. The number of hydrazine groups is 1. The van der Waals surface area contributed by atoms with Crippen LogP contribution in [0.1, 0.15) is 97.4 Å². The van der Waals surface area contributed by atoms with Crippen LogP contribution in [0.3, 0.4) is 0 Å². The number of ketones is 1. The molecule has 5 aliphatic heterocycles. The van der Waals surface area contributed by atoms with Gasteiger partial charge in [0.2, 0.25) is 6.29 Å². The average Bonchev–Trinajstić information content (AvgIpc) is 3.76. The van der Waals surface area contributed by atoms with Crippen LogP contribution in [0.15, 0.2) is 34.9 Å². The van der Waals surface area contributed by atoms with Crippen LogP contribution in [-0.4, -0.2) is 121 Å². The molecule has 7 fully saturated rings. The maximum atomic E-state index is 12.7. The van der Waals surface area contributed by atoms with Crippen LogP contribution >= 0.6 is 0 Å². The Bertz CT molecular complexity index is 2290. The Kier molecular flexibility index (Phi) is 8.62. The summed E-state index contributed by atoms with van der Waals surface area (Å²) in [6.07, 6.45) is 1.31. The van der Waals surface area contributed by atoms with E-state index in [2.05, 4.69) is 16.9 Å². The summed E-state index contributed by atoms with van der Waals surface area (Å²) in [5.41, 5.74) is 8.14. The number of phenols is 2. The van der Waals surface area contributed by atoms with Crippen LogP contribution in [-0.2, 0) is 14.2 Å². The lowest BCUT2D eigenvalue weighted by molar-refractivity contribution is -0.337. The minimum Gasteiger partial charge on any atom is -0.507 e. The van der Waals surface area contributed by atoms with Gasteiger partial charge in [-0.2, -0.15) is 0 Å². The number of benzene rings is 2. The first-order chi connectivity index (χ1) is 28.7. The first-order valence-electron chi connectivity index (χ1n) is 21.7. The van der Waals surface area contributed by atoms with E-state index in [1.807, 2.05) is 0 Å². The number of hydrogen-bond acceptors (Lipinski definition) is 14. The molecule has 4 aliphatic carbocycles. The number of aliphatic hydroxyl groups excluding tert-OH is 4. The largest absolute Gasteiger partial charge is 0.507 e. The lowest BCUT2D eigenvalue weighted by Crippen LogP contribution is -2.81. The van der Waals surface area contributed by atoms with Gasteiger partial charge in [0, 0.05) is 47.1 Å². The van der Waals surface area contributed by atoms with Crippen molar-refractivity contribution < 1.29 is 64.3 Å². The lowest BCUT2D eigenvalue weighted by Gasteiger charge is -2.71. The smallest absolute Gasteiger partial charge is 0.335 e. The first kappa shape index (κ1) is 39.2. The second kappa shape index (κ2) is 13.2. The van der Waals surface area contributed by atoms with Crippen LogP contribution in [0.5, 0.6) is 17.2 Å². The van der Waals surface area contributed by atoms with E-state index in [0.717, 1.165) is 49.8 Å². The molecule has 2 aromatic rings. The minimum absolute atomic E-state index is 0.00443. The highest BCUT2D eigenvalue weighted by Gasteiger charge is 2.75. The Balaban J connectivity index is 1.04. The fourth-order valence-corrected chi connectivity index (χ4v) is 14.8. The van der Waals surface area contributed by atoms with E-state index in [-0.39, 0.29) is 75.8 Å². The summed E-state index contributed by atoms with van der Waals surface area (Å²) in [5, 5.41) is 80.3.